The van der Waals surface area contributed by atoms with E-state index in [4.69, 9.17) is 0 Å². The van der Waals surface area contributed by atoms with E-state index in [1.807, 2.05) is 0 Å². The number of nitrogens with zero attached hydrogens (tertiary/aromatic N) is 2. The summed E-state index contributed by atoms with van der Waals surface area (Å²) in [5, 5.41) is 0. The van der Waals surface area contributed by atoms with E-state index in [1.54, 1.807) is 12.4 Å². The quantitative estimate of drug-likeness (QED) is 0.830. The van der Waals surface area contributed by atoms with Crippen molar-refractivity contribution in [2.75, 3.05) is 0 Å². The second kappa shape index (κ2) is 4.43. The van der Waals surface area contributed by atoms with Crippen LogP contribution in [0.1, 0.15) is 37.9 Å². The largest absolute Gasteiger partial charge is 0.342 e. The van der Waals surface area contributed by atoms with Crippen molar-refractivity contribution in [2.24, 2.45) is 0 Å². The van der Waals surface area contributed by atoms with Gasteiger partial charge >= 0.3 is 0 Å². The zero-order valence-electron chi connectivity index (χ0n) is 9.38. The number of aromatic nitrogens is 3. The van der Waals surface area contributed by atoms with Gasteiger partial charge in [-0.25, -0.2) is 4.98 Å². The third-order valence-corrected chi connectivity index (χ3v) is 2.62. The summed E-state index contributed by atoms with van der Waals surface area (Å²) in [5.74, 6) is 0. The first-order chi connectivity index (χ1) is 7.36. The van der Waals surface area contributed by atoms with E-state index in [2.05, 4.69) is 28.8 Å². The molecule has 2 aromatic heterocycles. The molecule has 0 unspecified atom stereocenters. The van der Waals surface area contributed by atoms with E-state index in [9.17, 15) is 0 Å². The Bertz CT molecular complexity index is 445. The number of H-pyrrole nitrogens is 1. The summed E-state index contributed by atoms with van der Waals surface area (Å²) in [7, 11) is 0. The second-order valence-electron chi connectivity index (χ2n) is 3.84. The molecule has 0 bridgehead atoms. The lowest BCUT2D eigenvalue weighted by molar-refractivity contribution is 0.848. The molecule has 0 radical (unpaired) electrons. The van der Waals surface area contributed by atoms with E-state index in [-0.39, 0.29) is 0 Å². The van der Waals surface area contributed by atoms with Gasteiger partial charge < -0.3 is 4.98 Å². The molecule has 0 aliphatic heterocycles. The summed E-state index contributed by atoms with van der Waals surface area (Å²) in [5.41, 5.74) is 4.68. The Balaban J connectivity index is 2.53. The fraction of sp³-hybridized carbons (Fsp3) is 0.500. The average molecular weight is 203 g/mol. The van der Waals surface area contributed by atoms with E-state index in [1.165, 1.54) is 11.3 Å². The highest BCUT2D eigenvalue weighted by Crippen LogP contribution is 2.21. The van der Waals surface area contributed by atoms with Gasteiger partial charge in [-0.2, -0.15) is 0 Å². The fourth-order valence-electron chi connectivity index (χ4n) is 1.99. The Labute approximate surface area is 90.0 Å². The first kappa shape index (κ1) is 10.1. The van der Waals surface area contributed by atoms with Gasteiger partial charge in [0.05, 0.1) is 0 Å². The summed E-state index contributed by atoms with van der Waals surface area (Å²) in [6.07, 6.45) is 8.00. The number of nitrogens with one attached hydrogen (secondary N) is 1. The molecule has 0 fully saturated rings. The van der Waals surface area contributed by atoms with E-state index in [0.29, 0.717) is 0 Å². The lowest BCUT2D eigenvalue weighted by Crippen LogP contribution is -1.91. The van der Waals surface area contributed by atoms with Crippen LogP contribution in [-0.4, -0.2) is 15.0 Å². The SMILES string of the molecule is CCCc1[nH]c2nccnc2c1CCC. The molecule has 0 spiro atoms. The van der Waals surface area contributed by atoms with Crippen LogP contribution >= 0.6 is 0 Å². The predicted molar refractivity (Wildman–Crippen MR) is 61.9 cm³/mol. The Kier molecular flexibility index (Phi) is 2.99. The van der Waals surface area contributed by atoms with Crippen LogP contribution in [0.5, 0.6) is 0 Å². The maximum Gasteiger partial charge on any atom is 0.156 e. The minimum atomic E-state index is 0.935. The molecule has 0 aliphatic carbocycles. The predicted octanol–water partition coefficient (Wildman–Crippen LogP) is 2.86. The number of fused-ring (bicyclic) bond motifs is 1. The monoisotopic (exact) mass is 203 g/mol. The van der Waals surface area contributed by atoms with E-state index in [0.717, 1.165) is 36.8 Å². The van der Waals surface area contributed by atoms with Gasteiger partial charge in [0.1, 0.15) is 5.52 Å². The molecule has 0 atom stereocenters. The lowest BCUT2D eigenvalue weighted by atomic mass is 10.1. The molecule has 0 saturated heterocycles. The standard InChI is InChI=1S/C12H17N3/c1-3-5-9-10(6-4-2)15-12-11(9)13-7-8-14-12/h7-8H,3-6H2,1-2H3,(H,14,15). The van der Waals surface area contributed by atoms with Crippen molar-refractivity contribution < 1.29 is 0 Å². The van der Waals surface area contributed by atoms with Gasteiger partial charge in [-0.1, -0.05) is 26.7 Å². The molecular weight excluding hydrogens is 186 g/mol. The first-order valence-electron chi connectivity index (χ1n) is 5.67. The summed E-state index contributed by atoms with van der Waals surface area (Å²) < 4.78 is 0. The molecule has 0 amide bonds. The zero-order valence-corrected chi connectivity index (χ0v) is 9.38. The molecule has 1 N–H and O–H groups in total. The third kappa shape index (κ3) is 1.87. The van der Waals surface area contributed by atoms with Gasteiger partial charge in [-0.05, 0) is 12.8 Å². The number of aromatic amines is 1. The highest BCUT2D eigenvalue weighted by molar-refractivity contribution is 5.76. The van der Waals surface area contributed by atoms with Crippen molar-refractivity contribution >= 4 is 11.2 Å². The maximum absolute atomic E-state index is 4.41. The van der Waals surface area contributed by atoms with Crippen LogP contribution in [0.3, 0.4) is 0 Å². The van der Waals surface area contributed by atoms with Gasteiger partial charge in [0.2, 0.25) is 0 Å². The molecule has 2 rings (SSSR count). The van der Waals surface area contributed by atoms with Gasteiger partial charge in [-0.3, -0.25) is 4.98 Å². The molecule has 0 aliphatic rings. The Morgan fingerprint density at radius 1 is 1.07 bits per heavy atom. The van der Waals surface area contributed by atoms with E-state index < -0.39 is 0 Å². The molecule has 3 heteroatoms. The van der Waals surface area contributed by atoms with Crippen molar-refractivity contribution in [3.05, 3.63) is 23.7 Å². The highest BCUT2D eigenvalue weighted by Gasteiger charge is 2.11. The molecular formula is C12H17N3. The summed E-state index contributed by atoms with van der Waals surface area (Å²) in [4.78, 5) is 12.1. The smallest absolute Gasteiger partial charge is 0.156 e. The van der Waals surface area contributed by atoms with Gasteiger partial charge in [-0.15, -0.1) is 0 Å². The van der Waals surface area contributed by atoms with Gasteiger partial charge in [0, 0.05) is 23.7 Å². The number of hydrogen-bond acceptors (Lipinski definition) is 2. The average Bonchev–Trinajstić information content (AvgIpc) is 2.59. The number of aryl methyl sites for hydroxylation is 2. The maximum atomic E-state index is 4.41. The minimum Gasteiger partial charge on any atom is -0.342 e. The lowest BCUT2D eigenvalue weighted by Gasteiger charge is -2.00. The van der Waals surface area contributed by atoms with Crippen molar-refractivity contribution in [3.8, 4) is 0 Å². The Hall–Kier alpha value is -1.38. The summed E-state index contributed by atoms with van der Waals surface area (Å²) >= 11 is 0. The van der Waals surface area contributed by atoms with E-state index >= 15 is 0 Å². The molecule has 2 heterocycles. The van der Waals surface area contributed by atoms with Crippen LogP contribution in [0.25, 0.3) is 11.2 Å². The van der Waals surface area contributed by atoms with Crippen molar-refractivity contribution in [3.63, 3.8) is 0 Å². The van der Waals surface area contributed by atoms with Gasteiger partial charge in [0.25, 0.3) is 0 Å². The van der Waals surface area contributed by atoms with Crippen LogP contribution in [0.15, 0.2) is 12.4 Å². The molecule has 3 nitrogen and oxygen atoms in total. The van der Waals surface area contributed by atoms with Gasteiger partial charge in [0.15, 0.2) is 5.65 Å². The molecule has 0 saturated carbocycles. The van der Waals surface area contributed by atoms with Crippen LogP contribution < -0.4 is 0 Å². The number of hydrogen-bond donors (Lipinski definition) is 1. The molecule has 0 aromatic carbocycles. The Morgan fingerprint density at radius 2 is 1.80 bits per heavy atom. The fourth-order valence-corrected chi connectivity index (χ4v) is 1.99. The normalized spacial score (nSPS) is 11.1. The highest BCUT2D eigenvalue weighted by atomic mass is 14.9. The molecule has 15 heavy (non-hydrogen) atoms. The summed E-state index contributed by atoms with van der Waals surface area (Å²) in [6, 6.07) is 0. The topological polar surface area (TPSA) is 41.6 Å². The molecule has 2 aromatic rings. The van der Waals surface area contributed by atoms with Crippen molar-refractivity contribution in [1.82, 2.24) is 15.0 Å². The van der Waals surface area contributed by atoms with Crippen LogP contribution in [0, 0.1) is 0 Å². The van der Waals surface area contributed by atoms with Crippen molar-refractivity contribution in [2.45, 2.75) is 39.5 Å². The zero-order chi connectivity index (χ0) is 10.7. The first-order valence-corrected chi connectivity index (χ1v) is 5.67. The summed E-state index contributed by atoms with van der Waals surface area (Å²) in [6.45, 7) is 4.40. The van der Waals surface area contributed by atoms with Crippen LogP contribution in [0.2, 0.25) is 0 Å². The Morgan fingerprint density at radius 3 is 2.53 bits per heavy atom. The number of rotatable bonds is 4. The van der Waals surface area contributed by atoms with Crippen LogP contribution in [0.4, 0.5) is 0 Å². The third-order valence-electron chi connectivity index (χ3n) is 2.62. The van der Waals surface area contributed by atoms with Crippen molar-refractivity contribution in [1.29, 1.82) is 0 Å². The molecule has 80 valence electrons. The van der Waals surface area contributed by atoms with Crippen LogP contribution in [-0.2, 0) is 12.8 Å². The minimum absolute atomic E-state index is 0.935. The second-order valence-corrected chi connectivity index (χ2v) is 3.84.